The molecule has 1 aromatic carbocycles. The minimum Gasteiger partial charge on any atom is -0.340 e. The molecular weight excluding hydrogens is 357 g/mol. The van der Waals surface area contributed by atoms with Gasteiger partial charge in [-0.15, -0.1) is 0 Å². The molecule has 2 aliphatic heterocycles. The third kappa shape index (κ3) is 5.02. The van der Waals surface area contributed by atoms with Gasteiger partial charge in [0.2, 0.25) is 15.9 Å². The lowest BCUT2D eigenvalue weighted by Crippen LogP contribution is -2.51. The van der Waals surface area contributed by atoms with Gasteiger partial charge in [-0.3, -0.25) is 4.79 Å². The summed E-state index contributed by atoms with van der Waals surface area (Å²) in [4.78, 5) is 16.4. The Kier molecular flexibility index (Phi) is 6.26. The zero-order valence-corrected chi connectivity index (χ0v) is 15.8. The summed E-state index contributed by atoms with van der Waals surface area (Å²) in [5.74, 6) is -0.421. The molecule has 0 bridgehead atoms. The first-order valence-electron chi connectivity index (χ1n) is 9.16. The van der Waals surface area contributed by atoms with E-state index in [2.05, 4.69) is 4.90 Å². The number of hydrogen-bond acceptors (Lipinski definition) is 4. The second-order valence-corrected chi connectivity index (χ2v) is 8.93. The largest absolute Gasteiger partial charge is 0.340 e. The Morgan fingerprint density at radius 2 is 1.58 bits per heavy atom. The van der Waals surface area contributed by atoms with Gasteiger partial charge in [0, 0.05) is 39.1 Å². The molecule has 1 aromatic rings. The van der Waals surface area contributed by atoms with E-state index in [1.807, 2.05) is 0 Å². The molecule has 0 aromatic heterocycles. The van der Waals surface area contributed by atoms with Crippen LogP contribution in [0, 0.1) is 5.82 Å². The van der Waals surface area contributed by atoms with Crippen LogP contribution in [-0.2, 0) is 20.6 Å². The lowest BCUT2D eigenvalue weighted by Gasteiger charge is -2.34. The third-order valence-corrected chi connectivity index (χ3v) is 6.94. The number of likely N-dealkylation sites (tertiary alicyclic amines) is 1. The highest BCUT2D eigenvalue weighted by atomic mass is 32.2. The first-order chi connectivity index (χ1) is 12.4. The van der Waals surface area contributed by atoms with Gasteiger partial charge in [0.1, 0.15) is 5.82 Å². The number of hydrogen-bond donors (Lipinski definition) is 0. The number of piperazine rings is 1. The minimum absolute atomic E-state index is 0.104. The van der Waals surface area contributed by atoms with Crippen molar-refractivity contribution >= 4 is 15.9 Å². The van der Waals surface area contributed by atoms with E-state index in [1.54, 1.807) is 4.90 Å². The number of rotatable bonds is 6. The summed E-state index contributed by atoms with van der Waals surface area (Å²) in [5, 5.41) is 0. The fourth-order valence-corrected chi connectivity index (χ4v) is 5.03. The molecule has 8 heteroatoms. The van der Waals surface area contributed by atoms with E-state index in [1.165, 1.54) is 41.4 Å². The number of benzene rings is 1. The quantitative estimate of drug-likeness (QED) is 0.743. The molecule has 0 radical (unpaired) electrons. The molecule has 0 N–H and O–H groups in total. The van der Waals surface area contributed by atoms with Gasteiger partial charge in [-0.1, -0.05) is 12.1 Å². The molecule has 0 unspecified atom stereocenters. The molecule has 3 rings (SSSR count). The first-order valence-corrected chi connectivity index (χ1v) is 10.8. The van der Waals surface area contributed by atoms with Crippen molar-refractivity contribution in [3.05, 3.63) is 35.6 Å². The van der Waals surface area contributed by atoms with Crippen LogP contribution in [0.25, 0.3) is 0 Å². The molecule has 0 atom stereocenters. The molecule has 144 valence electrons. The lowest BCUT2D eigenvalue weighted by molar-refractivity contribution is -0.132. The van der Waals surface area contributed by atoms with Crippen LogP contribution in [0.3, 0.4) is 0 Å². The number of sulfonamides is 1. The molecule has 2 aliphatic rings. The van der Waals surface area contributed by atoms with E-state index in [4.69, 9.17) is 0 Å². The molecule has 1 amide bonds. The normalized spacial score (nSPS) is 19.8. The van der Waals surface area contributed by atoms with Crippen molar-refractivity contribution in [3.8, 4) is 0 Å². The van der Waals surface area contributed by atoms with E-state index in [0.29, 0.717) is 38.2 Å². The van der Waals surface area contributed by atoms with Crippen LogP contribution in [-0.4, -0.2) is 74.2 Å². The summed E-state index contributed by atoms with van der Waals surface area (Å²) >= 11 is 0. The number of amides is 1. The Bertz CT molecular complexity index is 710. The number of carbonyl (C=O) groups is 1. The summed E-state index contributed by atoms with van der Waals surface area (Å²) < 4.78 is 39.5. The van der Waals surface area contributed by atoms with Crippen molar-refractivity contribution < 1.29 is 17.6 Å². The van der Waals surface area contributed by atoms with E-state index in [9.17, 15) is 17.6 Å². The average Bonchev–Trinajstić information content (AvgIpc) is 3.15. The van der Waals surface area contributed by atoms with E-state index in [-0.39, 0.29) is 17.5 Å². The van der Waals surface area contributed by atoms with Gasteiger partial charge in [0.05, 0.1) is 5.75 Å². The molecular formula is C18H26FN3O3S. The van der Waals surface area contributed by atoms with Crippen molar-refractivity contribution in [1.29, 1.82) is 0 Å². The molecule has 2 heterocycles. The van der Waals surface area contributed by atoms with Gasteiger partial charge in [0.25, 0.3) is 0 Å². The second kappa shape index (κ2) is 8.45. The summed E-state index contributed by atoms with van der Waals surface area (Å²) in [7, 11) is -3.46. The topological polar surface area (TPSA) is 60.9 Å². The highest BCUT2D eigenvalue weighted by Crippen LogP contribution is 2.15. The maximum absolute atomic E-state index is 13.0. The molecule has 6 nitrogen and oxygen atoms in total. The molecule has 0 saturated carbocycles. The van der Waals surface area contributed by atoms with Crippen molar-refractivity contribution in [2.24, 2.45) is 0 Å². The van der Waals surface area contributed by atoms with Gasteiger partial charge >= 0.3 is 0 Å². The second-order valence-electron chi connectivity index (χ2n) is 6.96. The summed E-state index contributed by atoms with van der Waals surface area (Å²) in [5.41, 5.74) is 0.565. The van der Waals surface area contributed by atoms with Crippen molar-refractivity contribution in [1.82, 2.24) is 14.1 Å². The van der Waals surface area contributed by atoms with Gasteiger partial charge < -0.3 is 9.80 Å². The maximum Gasteiger partial charge on any atom is 0.223 e. The summed E-state index contributed by atoms with van der Waals surface area (Å²) in [6, 6.07) is 5.51. The Morgan fingerprint density at radius 1 is 0.962 bits per heavy atom. The van der Waals surface area contributed by atoms with Crippen LogP contribution in [0.1, 0.15) is 24.8 Å². The third-order valence-electron chi connectivity index (χ3n) is 5.09. The van der Waals surface area contributed by atoms with Gasteiger partial charge in [-0.05, 0) is 43.6 Å². The Balaban J connectivity index is 1.47. The van der Waals surface area contributed by atoms with Crippen molar-refractivity contribution in [2.75, 3.05) is 45.8 Å². The smallest absolute Gasteiger partial charge is 0.223 e. The Hall–Kier alpha value is -1.51. The molecule has 26 heavy (non-hydrogen) atoms. The maximum atomic E-state index is 13.0. The van der Waals surface area contributed by atoms with E-state index in [0.717, 1.165) is 19.6 Å². The first kappa shape index (κ1) is 19.3. The average molecular weight is 383 g/mol. The van der Waals surface area contributed by atoms with Gasteiger partial charge in [-0.2, -0.15) is 4.31 Å². The fourth-order valence-electron chi connectivity index (χ4n) is 3.52. The molecule has 2 fully saturated rings. The highest BCUT2D eigenvalue weighted by molar-refractivity contribution is 7.88. The Labute approximate surface area is 154 Å². The van der Waals surface area contributed by atoms with E-state index < -0.39 is 10.0 Å². The predicted octanol–water partition coefficient (Wildman–Crippen LogP) is 1.29. The molecule has 0 aliphatic carbocycles. The minimum atomic E-state index is -3.46. The van der Waals surface area contributed by atoms with Crippen LogP contribution >= 0.6 is 0 Å². The summed E-state index contributed by atoms with van der Waals surface area (Å²) in [6.45, 7) is 4.44. The van der Waals surface area contributed by atoms with Crippen molar-refractivity contribution in [2.45, 2.75) is 25.0 Å². The van der Waals surface area contributed by atoms with Gasteiger partial charge in [0.15, 0.2) is 0 Å². The van der Waals surface area contributed by atoms with E-state index >= 15 is 0 Å². The van der Waals surface area contributed by atoms with Crippen LogP contribution in [0.5, 0.6) is 0 Å². The van der Waals surface area contributed by atoms with Crippen LogP contribution in [0.2, 0.25) is 0 Å². The van der Waals surface area contributed by atoms with Crippen LogP contribution in [0.4, 0.5) is 4.39 Å². The Morgan fingerprint density at radius 3 is 2.19 bits per heavy atom. The zero-order valence-electron chi connectivity index (χ0n) is 14.9. The highest BCUT2D eigenvalue weighted by Gasteiger charge is 2.29. The zero-order chi connectivity index (χ0) is 18.6. The van der Waals surface area contributed by atoms with Crippen molar-refractivity contribution in [3.63, 3.8) is 0 Å². The van der Waals surface area contributed by atoms with Gasteiger partial charge in [-0.25, -0.2) is 12.8 Å². The number of halogens is 1. The lowest BCUT2D eigenvalue weighted by atomic mass is 10.2. The monoisotopic (exact) mass is 383 g/mol. The number of nitrogens with zero attached hydrogens (tertiary/aromatic N) is 3. The number of carbonyl (C=O) groups excluding carboxylic acids is 1. The molecule has 2 saturated heterocycles. The molecule has 0 spiro atoms. The standard InChI is InChI=1S/C18H26FN3O3S/c19-17-5-3-16(4-6-17)15-26(24,25)22-13-11-21(12-14-22)18(23)7-10-20-8-1-2-9-20/h3-6H,1-2,7-15H2. The fraction of sp³-hybridized carbons (Fsp3) is 0.611. The summed E-state index contributed by atoms with van der Waals surface area (Å²) in [6.07, 6.45) is 2.92. The van der Waals surface area contributed by atoms with Crippen LogP contribution in [0.15, 0.2) is 24.3 Å². The predicted molar refractivity (Wildman–Crippen MR) is 97.5 cm³/mol. The SMILES string of the molecule is O=C(CCN1CCCC1)N1CCN(S(=O)(=O)Cc2ccc(F)cc2)CC1. The van der Waals surface area contributed by atoms with Crippen LogP contribution < -0.4 is 0 Å².